The monoisotopic (exact) mass is 328 g/mol. The SMILES string of the molecule is COc1ccc(OC)c(S(=O)(=O)NCCc2cscn2)c1. The van der Waals surface area contributed by atoms with Gasteiger partial charge < -0.3 is 9.47 Å². The number of thiazole rings is 1. The van der Waals surface area contributed by atoms with E-state index < -0.39 is 10.0 Å². The molecule has 1 aromatic heterocycles. The van der Waals surface area contributed by atoms with Crippen molar-refractivity contribution in [1.29, 1.82) is 0 Å². The fourth-order valence-corrected chi connectivity index (χ4v) is 3.55. The molecule has 0 radical (unpaired) electrons. The van der Waals surface area contributed by atoms with Gasteiger partial charge in [-0.05, 0) is 12.1 Å². The van der Waals surface area contributed by atoms with E-state index in [-0.39, 0.29) is 17.2 Å². The lowest BCUT2D eigenvalue weighted by molar-refractivity contribution is 0.392. The quantitative estimate of drug-likeness (QED) is 0.837. The Morgan fingerprint density at radius 2 is 2.10 bits per heavy atom. The van der Waals surface area contributed by atoms with Crippen LogP contribution in [0.3, 0.4) is 0 Å². The lowest BCUT2D eigenvalue weighted by Crippen LogP contribution is -2.26. The molecule has 2 rings (SSSR count). The van der Waals surface area contributed by atoms with Crippen molar-refractivity contribution in [3.05, 3.63) is 34.8 Å². The third-order valence-electron chi connectivity index (χ3n) is 2.82. The fourth-order valence-electron chi connectivity index (χ4n) is 1.75. The minimum absolute atomic E-state index is 0.0580. The first-order chi connectivity index (χ1) is 10.1. The number of aromatic nitrogens is 1. The number of nitrogens with one attached hydrogen (secondary N) is 1. The van der Waals surface area contributed by atoms with E-state index in [0.717, 1.165) is 5.69 Å². The Hall–Kier alpha value is -1.64. The maximum atomic E-state index is 12.3. The number of hydrogen-bond acceptors (Lipinski definition) is 6. The fraction of sp³-hybridized carbons (Fsp3) is 0.308. The molecule has 0 atom stereocenters. The van der Waals surface area contributed by atoms with E-state index >= 15 is 0 Å². The summed E-state index contributed by atoms with van der Waals surface area (Å²) in [5, 5.41) is 1.89. The molecular weight excluding hydrogens is 312 g/mol. The average molecular weight is 328 g/mol. The van der Waals surface area contributed by atoms with Crippen LogP contribution in [0.15, 0.2) is 34.0 Å². The van der Waals surface area contributed by atoms with Gasteiger partial charge in [-0.3, -0.25) is 0 Å². The van der Waals surface area contributed by atoms with Gasteiger partial charge in [0.2, 0.25) is 10.0 Å². The number of hydrogen-bond donors (Lipinski definition) is 1. The molecule has 0 aliphatic carbocycles. The topological polar surface area (TPSA) is 77.5 Å². The van der Waals surface area contributed by atoms with Crippen LogP contribution in [0.5, 0.6) is 11.5 Å². The molecule has 8 heteroatoms. The second-order valence-corrected chi connectivity index (χ2v) is 6.60. The molecule has 6 nitrogen and oxygen atoms in total. The van der Waals surface area contributed by atoms with Gasteiger partial charge in [-0.15, -0.1) is 11.3 Å². The molecule has 0 bridgehead atoms. The molecule has 114 valence electrons. The van der Waals surface area contributed by atoms with Gasteiger partial charge in [0.25, 0.3) is 0 Å². The van der Waals surface area contributed by atoms with Gasteiger partial charge in [0.15, 0.2) is 0 Å². The van der Waals surface area contributed by atoms with Crippen LogP contribution in [0.1, 0.15) is 5.69 Å². The zero-order valence-electron chi connectivity index (χ0n) is 11.7. The summed E-state index contributed by atoms with van der Waals surface area (Å²) in [6, 6.07) is 4.64. The van der Waals surface area contributed by atoms with Gasteiger partial charge in [0.05, 0.1) is 25.4 Å². The van der Waals surface area contributed by atoms with Crippen molar-refractivity contribution < 1.29 is 17.9 Å². The third kappa shape index (κ3) is 3.93. The number of rotatable bonds is 7. The number of nitrogens with zero attached hydrogens (tertiary/aromatic N) is 1. The molecule has 1 aromatic carbocycles. The van der Waals surface area contributed by atoms with E-state index in [9.17, 15) is 8.42 Å². The molecule has 0 unspecified atom stereocenters. The maximum Gasteiger partial charge on any atom is 0.244 e. The van der Waals surface area contributed by atoms with E-state index in [2.05, 4.69) is 9.71 Å². The molecule has 21 heavy (non-hydrogen) atoms. The minimum Gasteiger partial charge on any atom is -0.497 e. The van der Waals surface area contributed by atoms with Crippen molar-refractivity contribution in [1.82, 2.24) is 9.71 Å². The highest BCUT2D eigenvalue weighted by molar-refractivity contribution is 7.89. The summed E-state index contributed by atoms with van der Waals surface area (Å²) in [7, 11) is -0.761. The molecule has 0 saturated carbocycles. The molecule has 1 heterocycles. The number of ether oxygens (including phenoxy) is 2. The Labute approximate surface area is 127 Å². The zero-order chi connectivity index (χ0) is 15.3. The molecule has 2 aromatic rings. The maximum absolute atomic E-state index is 12.3. The van der Waals surface area contributed by atoms with E-state index in [1.165, 1.54) is 31.6 Å². The predicted molar refractivity (Wildman–Crippen MR) is 80.6 cm³/mol. The van der Waals surface area contributed by atoms with Gasteiger partial charge in [-0.2, -0.15) is 0 Å². The number of benzene rings is 1. The summed E-state index contributed by atoms with van der Waals surface area (Å²) in [6.45, 7) is 0.270. The Morgan fingerprint density at radius 1 is 1.29 bits per heavy atom. The Morgan fingerprint density at radius 3 is 2.71 bits per heavy atom. The zero-order valence-corrected chi connectivity index (χ0v) is 13.3. The van der Waals surface area contributed by atoms with E-state index in [1.54, 1.807) is 17.6 Å². The van der Waals surface area contributed by atoms with Crippen LogP contribution in [0.25, 0.3) is 0 Å². The smallest absolute Gasteiger partial charge is 0.244 e. The molecule has 0 amide bonds. The normalized spacial score (nSPS) is 11.3. The first kappa shape index (κ1) is 15.7. The second-order valence-electron chi connectivity index (χ2n) is 4.14. The molecule has 1 N–H and O–H groups in total. The standard InChI is InChI=1S/C13H16N2O4S2/c1-18-11-3-4-12(19-2)13(7-11)21(16,17)15-6-5-10-8-20-9-14-10/h3-4,7-9,15H,5-6H2,1-2H3. The highest BCUT2D eigenvalue weighted by Crippen LogP contribution is 2.27. The van der Waals surface area contributed by atoms with Gasteiger partial charge in [-0.1, -0.05) is 0 Å². The van der Waals surface area contributed by atoms with Crippen LogP contribution in [0.4, 0.5) is 0 Å². The van der Waals surface area contributed by atoms with Crippen LogP contribution in [0, 0.1) is 0 Å². The third-order valence-corrected chi connectivity index (χ3v) is 4.93. The molecule has 0 aliphatic rings. The average Bonchev–Trinajstić information content (AvgIpc) is 2.99. The molecule has 0 saturated heterocycles. The summed E-state index contributed by atoms with van der Waals surface area (Å²) in [5.41, 5.74) is 2.58. The van der Waals surface area contributed by atoms with Crippen molar-refractivity contribution in [2.24, 2.45) is 0 Å². The van der Waals surface area contributed by atoms with Gasteiger partial charge in [0.1, 0.15) is 16.4 Å². The van der Waals surface area contributed by atoms with E-state index in [4.69, 9.17) is 9.47 Å². The van der Waals surface area contributed by atoms with Crippen molar-refractivity contribution in [3.8, 4) is 11.5 Å². The number of methoxy groups -OCH3 is 2. The first-order valence-electron chi connectivity index (χ1n) is 6.15. The Balaban J connectivity index is 2.14. The van der Waals surface area contributed by atoms with Crippen LogP contribution >= 0.6 is 11.3 Å². The lowest BCUT2D eigenvalue weighted by Gasteiger charge is -2.11. The van der Waals surface area contributed by atoms with Crippen molar-refractivity contribution in [2.75, 3.05) is 20.8 Å². The Bertz CT molecular complexity index is 684. The summed E-state index contributed by atoms with van der Waals surface area (Å²) in [6.07, 6.45) is 0.537. The van der Waals surface area contributed by atoms with E-state index in [1.807, 2.05) is 5.38 Å². The summed E-state index contributed by atoms with van der Waals surface area (Å²) >= 11 is 1.48. The highest BCUT2D eigenvalue weighted by atomic mass is 32.2. The lowest BCUT2D eigenvalue weighted by atomic mass is 10.3. The number of sulfonamides is 1. The Kier molecular flexibility index (Phi) is 5.16. The van der Waals surface area contributed by atoms with Crippen LogP contribution < -0.4 is 14.2 Å². The summed E-state index contributed by atoms with van der Waals surface area (Å²) in [4.78, 5) is 4.17. The predicted octanol–water partition coefficient (Wildman–Crippen LogP) is 1.68. The summed E-state index contributed by atoms with van der Waals surface area (Å²) < 4.78 is 37.4. The first-order valence-corrected chi connectivity index (χ1v) is 8.58. The van der Waals surface area contributed by atoms with Crippen LogP contribution in [-0.2, 0) is 16.4 Å². The van der Waals surface area contributed by atoms with Gasteiger partial charge in [0, 0.05) is 24.4 Å². The summed E-state index contributed by atoms with van der Waals surface area (Å²) in [5.74, 6) is 0.729. The van der Waals surface area contributed by atoms with Crippen molar-refractivity contribution in [2.45, 2.75) is 11.3 Å². The van der Waals surface area contributed by atoms with Gasteiger partial charge >= 0.3 is 0 Å². The van der Waals surface area contributed by atoms with Crippen LogP contribution in [-0.4, -0.2) is 34.2 Å². The molecular formula is C13H16N2O4S2. The van der Waals surface area contributed by atoms with Crippen LogP contribution in [0.2, 0.25) is 0 Å². The second kappa shape index (κ2) is 6.88. The molecule has 0 aliphatic heterocycles. The van der Waals surface area contributed by atoms with Crippen molar-refractivity contribution in [3.63, 3.8) is 0 Å². The van der Waals surface area contributed by atoms with Gasteiger partial charge in [-0.25, -0.2) is 18.1 Å². The largest absolute Gasteiger partial charge is 0.497 e. The highest BCUT2D eigenvalue weighted by Gasteiger charge is 2.20. The van der Waals surface area contributed by atoms with Crippen molar-refractivity contribution >= 4 is 21.4 Å². The van der Waals surface area contributed by atoms with E-state index in [0.29, 0.717) is 12.2 Å². The molecule has 0 fully saturated rings. The molecule has 0 spiro atoms. The minimum atomic E-state index is -3.67.